The van der Waals surface area contributed by atoms with Crippen LogP contribution in [0.15, 0.2) is 48.0 Å². The Kier molecular flexibility index (Phi) is 4.73. The summed E-state index contributed by atoms with van der Waals surface area (Å²) in [4.78, 5) is 8.71. The van der Waals surface area contributed by atoms with E-state index in [4.69, 9.17) is 0 Å². The second kappa shape index (κ2) is 7.11. The first-order valence-corrected chi connectivity index (χ1v) is 7.92. The molecular formula is C17H23N5. The number of hydrogen-bond acceptors (Lipinski definition) is 2. The van der Waals surface area contributed by atoms with Gasteiger partial charge in [0, 0.05) is 31.5 Å². The van der Waals surface area contributed by atoms with E-state index in [1.807, 2.05) is 12.5 Å². The molecule has 0 unspecified atom stereocenters. The van der Waals surface area contributed by atoms with Gasteiger partial charge in [-0.15, -0.1) is 0 Å². The zero-order chi connectivity index (χ0) is 15.2. The number of nitrogens with one attached hydrogen (secondary N) is 2. The molecule has 5 heteroatoms. The molecule has 2 aromatic rings. The minimum absolute atomic E-state index is 0.621. The van der Waals surface area contributed by atoms with E-state index >= 15 is 0 Å². The molecule has 1 fully saturated rings. The van der Waals surface area contributed by atoms with Crippen LogP contribution in [0.25, 0.3) is 0 Å². The molecule has 1 aromatic heterocycles. The standard InChI is InChI=1S/C17H23N5/c1-2-19-17(21-16-7-8-16)20-11-14-3-5-15(6-4-14)12-22-10-9-18-13-22/h3-6,9-10,13,16H,2,7-8,11-12H2,1H3,(H2,19,20,21). The van der Waals surface area contributed by atoms with Gasteiger partial charge >= 0.3 is 0 Å². The fraction of sp³-hybridized carbons (Fsp3) is 0.412. The molecule has 1 aliphatic carbocycles. The predicted octanol–water partition coefficient (Wildman–Crippen LogP) is 2.15. The molecular weight excluding hydrogens is 274 g/mol. The Morgan fingerprint density at radius 3 is 2.68 bits per heavy atom. The Hall–Kier alpha value is -2.30. The number of hydrogen-bond donors (Lipinski definition) is 2. The number of guanidine groups is 1. The minimum atomic E-state index is 0.621. The van der Waals surface area contributed by atoms with E-state index in [0.717, 1.165) is 19.0 Å². The van der Waals surface area contributed by atoms with Gasteiger partial charge in [0.2, 0.25) is 0 Å². The van der Waals surface area contributed by atoms with E-state index in [0.29, 0.717) is 12.6 Å². The number of aliphatic imine (C=N–C) groups is 1. The van der Waals surface area contributed by atoms with E-state index in [9.17, 15) is 0 Å². The third-order valence-corrected chi connectivity index (χ3v) is 3.63. The average Bonchev–Trinajstić information content (AvgIpc) is 3.20. The summed E-state index contributed by atoms with van der Waals surface area (Å²) in [5, 5.41) is 6.73. The highest BCUT2D eigenvalue weighted by atomic mass is 15.2. The molecule has 0 amide bonds. The zero-order valence-electron chi connectivity index (χ0n) is 13.0. The predicted molar refractivity (Wildman–Crippen MR) is 88.7 cm³/mol. The van der Waals surface area contributed by atoms with Gasteiger partial charge in [0.05, 0.1) is 12.9 Å². The molecule has 1 heterocycles. The van der Waals surface area contributed by atoms with Crippen LogP contribution in [-0.4, -0.2) is 28.1 Å². The van der Waals surface area contributed by atoms with Crippen molar-refractivity contribution in [2.45, 2.75) is 38.9 Å². The lowest BCUT2D eigenvalue weighted by Crippen LogP contribution is -2.38. The minimum Gasteiger partial charge on any atom is -0.357 e. The Morgan fingerprint density at radius 1 is 1.27 bits per heavy atom. The van der Waals surface area contributed by atoms with Crippen molar-refractivity contribution in [2.24, 2.45) is 4.99 Å². The summed E-state index contributed by atoms with van der Waals surface area (Å²) in [6.07, 6.45) is 8.13. The van der Waals surface area contributed by atoms with Crippen molar-refractivity contribution < 1.29 is 0 Å². The van der Waals surface area contributed by atoms with Gasteiger partial charge in [-0.25, -0.2) is 9.98 Å². The van der Waals surface area contributed by atoms with Crippen molar-refractivity contribution in [1.82, 2.24) is 20.2 Å². The van der Waals surface area contributed by atoms with Gasteiger partial charge in [-0.2, -0.15) is 0 Å². The summed E-state index contributed by atoms with van der Waals surface area (Å²) in [6.45, 7) is 4.54. The lowest BCUT2D eigenvalue weighted by atomic mass is 10.1. The van der Waals surface area contributed by atoms with Crippen molar-refractivity contribution in [3.63, 3.8) is 0 Å². The molecule has 0 saturated heterocycles. The van der Waals surface area contributed by atoms with Crippen molar-refractivity contribution >= 4 is 5.96 Å². The molecule has 0 aliphatic heterocycles. The second-order valence-corrected chi connectivity index (χ2v) is 5.67. The van der Waals surface area contributed by atoms with Crippen LogP contribution in [0.1, 0.15) is 30.9 Å². The molecule has 0 atom stereocenters. The second-order valence-electron chi connectivity index (χ2n) is 5.67. The number of imidazole rings is 1. The maximum atomic E-state index is 4.65. The third-order valence-electron chi connectivity index (χ3n) is 3.63. The van der Waals surface area contributed by atoms with E-state index in [1.165, 1.54) is 24.0 Å². The Labute approximate surface area is 131 Å². The van der Waals surface area contributed by atoms with Crippen LogP contribution >= 0.6 is 0 Å². The smallest absolute Gasteiger partial charge is 0.191 e. The summed E-state index contributed by atoms with van der Waals surface area (Å²) >= 11 is 0. The van der Waals surface area contributed by atoms with E-state index in [-0.39, 0.29) is 0 Å². The highest BCUT2D eigenvalue weighted by Gasteiger charge is 2.21. The van der Waals surface area contributed by atoms with Crippen LogP contribution in [-0.2, 0) is 13.1 Å². The van der Waals surface area contributed by atoms with Gasteiger partial charge in [-0.05, 0) is 30.9 Å². The number of nitrogens with zero attached hydrogens (tertiary/aromatic N) is 3. The quantitative estimate of drug-likeness (QED) is 0.634. The first kappa shape index (κ1) is 14.6. The SMILES string of the molecule is CCNC(=NCc1ccc(Cn2ccnc2)cc1)NC1CC1. The topological polar surface area (TPSA) is 54.2 Å². The molecule has 1 aliphatic rings. The molecule has 22 heavy (non-hydrogen) atoms. The van der Waals surface area contributed by atoms with Crippen LogP contribution < -0.4 is 10.6 Å². The molecule has 0 radical (unpaired) electrons. The van der Waals surface area contributed by atoms with E-state index in [2.05, 4.69) is 56.4 Å². The van der Waals surface area contributed by atoms with Gasteiger partial charge in [-0.1, -0.05) is 24.3 Å². The number of aromatic nitrogens is 2. The summed E-state index contributed by atoms with van der Waals surface area (Å²) in [5.41, 5.74) is 2.50. The first-order chi connectivity index (χ1) is 10.8. The third kappa shape index (κ3) is 4.35. The molecule has 1 saturated carbocycles. The monoisotopic (exact) mass is 297 g/mol. The normalized spacial score (nSPS) is 14.9. The Morgan fingerprint density at radius 2 is 2.05 bits per heavy atom. The Bertz CT molecular complexity index is 596. The van der Waals surface area contributed by atoms with Gasteiger partial charge < -0.3 is 15.2 Å². The fourth-order valence-corrected chi connectivity index (χ4v) is 2.25. The molecule has 3 rings (SSSR count). The summed E-state index contributed by atoms with van der Waals surface area (Å²) in [5.74, 6) is 0.924. The maximum Gasteiger partial charge on any atom is 0.191 e. The van der Waals surface area contributed by atoms with Crippen molar-refractivity contribution in [3.05, 3.63) is 54.1 Å². The van der Waals surface area contributed by atoms with Crippen LogP contribution in [0.3, 0.4) is 0 Å². The Balaban J connectivity index is 1.57. The summed E-state index contributed by atoms with van der Waals surface area (Å²) in [7, 11) is 0. The fourth-order valence-electron chi connectivity index (χ4n) is 2.25. The van der Waals surface area contributed by atoms with Crippen LogP contribution in [0.5, 0.6) is 0 Å². The van der Waals surface area contributed by atoms with Gasteiger partial charge in [0.1, 0.15) is 0 Å². The highest BCUT2D eigenvalue weighted by Crippen LogP contribution is 2.18. The van der Waals surface area contributed by atoms with Crippen LogP contribution in [0, 0.1) is 0 Å². The van der Waals surface area contributed by atoms with Crippen LogP contribution in [0.4, 0.5) is 0 Å². The van der Waals surface area contributed by atoms with E-state index < -0.39 is 0 Å². The first-order valence-electron chi connectivity index (χ1n) is 7.92. The largest absolute Gasteiger partial charge is 0.357 e. The molecule has 0 spiro atoms. The van der Waals surface area contributed by atoms with Crippen LogP contribution in [0.2, 0.25) is 0 Å². The molecule has 1 aromatic carbocycles. The highest BCUT2D eigenvalue weighted by molar-refractivity contribution is 5.80. The van der Waals surface area contributed by atoms with Gasteiger partial charge in [0.25, 0.3) is 0 Å². The number of rotatable bonds is 6. The van der Waals surface area contributed by atoms with E-state index in [1.54, 1.807) is 6.20 Å². The maximum absolute atomic E-state index is 4.65. The molecule has 0 bridgehead atoms. The van der Waals surface area contributed by atoms with Crippen molar-refractivity contribution in [1.29, 1.82) is 0 Å². The zero-order valence-corrected chi connectivity index (χ0v) is 13.0. The molecule has 116 valence electrons. The van der Waals surface area contributed by atoms with Crippen molar-refractivity contribution in [3.8, 4) is 0 Å². The number of benzene rings is 1. The average molecular weight is 297 g/mol. The molecule has 2 N–H and O–H groups in total. The summed E-state index contributed by atoms with van der Waals surface area (Å²) in [6, 6.07) is 9.24. The lowest BCUT2D eigenvalue weighted by molar-refractivity contribution is 0.795. The summed E-state index contributed by atoms with van der Waals surface area (Å²) < 4.78 is 2.07. The lowest BCUT2D eigenvalue weighted by Gasteiger charge is -2.10. The van der Waals surface area contributed by atoms with Gasteiger partial charge in [-0.3, -0.25) is 0 Å². The van der Waals surface area contributed by atoms with Crippen molar-refractivity contribution in [2.75, 3.05) is 6.54 Å². The van der Waals surface area contributed by atoms with Gasteiger partial charge in [0.15, 0.2) is 5.96 Å². The molecule has 5 nitrogen and oxygen atoms in total.